The van der Waals surface area contributed by atoms with Crippen LogP contribution in [0.2, 0.25) is 0 Å². The van der Waals surface area contributed by atoms with Gasteiger partial charge in [0.2, 0.25) is 3.57 Å². The molecule has 0 bridgehead atoms. The third kappa shape index (κ3) is 11.8. The Balaban J connectivity index is 0.000000252. The van der Waals surface area contributed by atoms with Gasteiger partial charge in [-0.2, -0.15) is 3.44 Å². The number of hydrogen-bond donors (Lipinski definition) is 1. The molecule has 0 atom stereocenters. The summed E-state index contributed by atoms with van der Waals surface area (Å²) in [6.45, 7) is 0. The number of rotatable bonds is 1. The molecule has 1 rings (SSSR count). The van der Waals surface area contributed by atoms with Crippen molar-refractivity contribution in [3.05, 3.63) is 33.9 Å². The summed E-state index contributed by atoms with van der Waals surface area (Å²) < 4.78 is 37.0. The number of hydrogen-bond acceptors (Lipinski definition) is 4. The molecule has 0 fully saturated rings. The maximum Gasteiger partial charge on any atom is 0.519 e. The fourth-order valence-corrected chi connectivity index (χ4v) is 1.21. The van der Waals surface area contributed by atoms with Gasteiger partial charge in [-0.1, -0.05) is 18.2 Å². The Bertz CT molecular complexity index is 314. The quantitative estimate of drug-likeness (QED) is 0.443. The van der Waals surface area contributed by atoms with E-state index in [0.29, 0.717) is 6.26 Å². The van der Waals surface area contributed by atoms with Crippen molar-refractivity contribution < 1.29 is 38.0 Å². The highest BCUT2D eigenvalue weighted by molar-refractivity contribution is 7.84. The molecular weight excluding hydrogens is 307 g/mol. The molecule has 74 valence electrons. The van der Waals surface area contributed by atoms with Gasteiger partial charge >= 0.3 is 21.6 Å². The van der Waals surface area contributed by atoms with Crippen molar-refractivity contribution >= 4 is 10.1 Å². The minimum atomic E-state index is -3.92. The monoisotopic (exact) mass is 316 g/mol. The van der Waals surface area contributed by atoms with Crippen molar-refractivity contribution in [1.29, 1.82) is 0 Å². The van der Waals surface area contributed by atoms with Crippen LogP contribution in [0.5, 0.6) is 0 Å². The van der Waals surface area contributed by atoms with E-state index in [1.165, 1.54) is 0 Å². The van der Waals surface area contributed by atoms with Gasteiger partial charge in [0.1, 0.15) is 0 Å². The average molecular weight is 316 g/mol. The van der Waals surface area contributed by atoms with E-state index in [-0.39, 0.29) is 0 Å². The van der Waals surface area contributed by atoms with E-state index in [9.17, 15) is 0 Å². The second kappa shape index (κ2) is 6.30. The van der Waals surface area contributed by atoms with Gasteiger partial charge in [-0.05, 0) is 12.1 Å². The Morgan fingerprint density at radius 3 is 1.92 bits per heavy atom. The molecule has 0 aliphatic carbocycles. The Kier molecular flexibility index (Phi) is 6.21. The maximum atomic E-state index is 9.08. The highest BCUT2D eigenvalue weighted by atomic mass is 127. The predicted octanol–water partition coefficient (Wildman–Crippen LogP) is -2.99. The molecule has 0 spiro atoms. The highest BCUT2D eigenvalue weighted by Gasteiger charge is 2.03. The van der Waals surface area contributed by atoms with Crippen molar-refractivity contribution in [3.8, 4) is 0 Å². The van der Waals surface area contributed by atoms with Gasteiger partial charge in [-0.25, -0.2) is 8.42 Å². The van der Waals surface area contributed by atoms with Crippen LogP contribution in [-0.4, -0.2) is 22.7 Å². The van der Waals surface area contributed by atoms with E-state index < -0.39 is 31.7 Å². The van der Waals surface area contributed by atoms with Gasteiger partial charge in [-0.3, -0.25) is 0 Å². The Morgan fingerprint density at radius 2 is 1.69 bits per heavy atom. The zero-order chi connectivity index (χ0) is 10.3. The van der Waals surface area contributed by atoms with Crippen molar-refractivity contribution in [2.45, 2.75) is 0 Å². The van der Waals surface area contributed by atoms with Crippen molar-refractivity contribution in [2.75, 3.05) is 6.26 Å². The van der Waals surface area contributed by atoms with Gasteiger partial charge in [0, 0.05) is 6.26 Å². The molecule has 0 saturated carbocycles. The summed E-state index contributed by atoms with van der Waals surface area (Å²) in [7, 11) is -3.92. The average Bonchev–Trinajstić information content (AvgIpc) is 2.03. The van der Waals surface area contributed by atoms with Crippen LogP contribution in [0.4, 0.5) is 0 Å². The van der Waals surface area contributed by atoms with E-state index in [4.69, 9.17) is 16.4 Å². The second-order valence-corrected chi connectivity index (χ2v) is 5.22. The second-order valence-electron chi connectivity index (χ2n) is 2.08. The molecule has 6 heteroatoms. The lowest BCUT2D eigenvalue weighted by molar-refractivity contribution is -0.866. The normalized spacial score (nSPS) is 10.1. The lowest BCUT2D eigenvalue weighted by Gasteiger charge is -1.90. The Hall–Kier alpha value is -0.180. The summed E-state index contributed by atoms with van der Waals surface area (Å²) in [5.41, 5.74) is 0. The molecular formula is C7H9IO4S. The molecule has 0 aliphatic rings. The van der Waals surface area contributed by atoms with Crippen LogP contribution in [0.1, 0.15) is 0 Å². The summed E-state index contributed by atoms with van der Waals surface area (Å²) >= 11 is -0.691. The van der Waals surface area contributed by atoms with Crippen LogP contribution < -0.4 is 21.6 Å². The van der Waals surface area contributed by atoms with Crippen LogP contribution in [0, 0.1) is 3.57 Å². The molecule has 0 aromatic heterocycles. The Morgan fingerprint density at radius 1 is 1.31 bits per heavy atom. The third-order valence-electron chi connectivity index (χ3n) is 0.831. The minimum absolute atomic E-state index is 0.604. The first-order valence-electron chi connectivity index (χ1n) is 3.18. The zero-order valence-corrected chi connectivity index (χ0v) is 9.82. The van der Waals surface area contributed by atoms with Crippen LogP contribution in [-0.2, 0) is 10.1 Å². The lowest BCUT2D eigenvalue weighted by Crippen LogP contribution is -3.61. The molecule has 0 heterocycles. The van der Waals surface area contributed by atoms with Crippen molar-refractivity contribution in [1.82, 2.24) is 0 Å². The lowest BCUT2D eigenvalue weighted by atomic mass is 10.4. The molecule has 1 aromatic rings. The summed E-state index contributed by atoms with van der Waals surface area (Å²) in [5, 5.41) is 0. The van der Waals surface area contributed by atoms with Gasteiger partial charge in [-0.15, -0.1) is 0 Å². The highest BCUT2D eigenvalue weighted by Crippen LogP contribution is 1.81. The third-order valence-corrected chi connectivity index (χ3v) is 2.11. The first-order valence-corrected chi connectivity index (χ1v) is 7.04. The van der Waals surface area contributed by atoms with E-state index >= 15 is 0 Å². The van der Waals surface area contributed by atoms with E-state index in [0.717, 1.165) is 3.57 Å². The first-order chi connectivity index (χ1) is 5.93. The number of halogens is 1. The SMILES string of the molecule is CS(=O)(=O)[O-].O[I+]c1ccccc1. The predicted molar refractivity (Wildman–Crippen MR) is 43.0 cm³/mol. The van der Waals surface area contributed by atoms with Crippen LogP contribution in [0.3, 0.4) is 0 Å². The molecule has 1 aromatic carbocycles. The molecule has 0 amide bonds. The van der Waals surface area contributed by atoms with E-state index in [1.54, 1.807) is 0 Å². The van der Waals surface area contributed by atoms with E-state index in [1.807, 2.05) is 30.3 Å². The molecule has 0 aliphatic heterocycles. The summed E-state index contributed by atoms with van der Waals surface area (Å²) in [5.74, 6) is 0. The smallest absolute Gasteiger partial charge is 0.519 e. The minimum Gasteiger partial charge on any atom is -0.748 e. The molecule has 1 N–H and O–H groups in total. The summed E-state index contributed by atoms with van der Waals surface area (Å²) in [6.07, 6.45) is 0.604. The first kappa shape index (κ1) is 12.8. The summed E-state index contributed by atoms with van der Waals surface area (Å²) in [6, 6.07) is 9.69. The fourth-order valence-electron chi connectivity index (χ4n) is 0.471. The fraction of sp³-hybridized carbons (Fsp3) is 0.143. The molecule has 0 radical (unpaired) electrons. The van der Waals surface area contributed by atoms with Crippen LogP contribution in [0.15, 0.2) is 30.3 Å². The van der Waals surface area contributed by atoms with Crippen LogP contribution >= 0.6 is 0 Å². The largest absolute Gasteiger partial charge is 0.748 e. The van der Waals surface area contributed by atoms with Crippen LogP contribution in [0.25, 0.3) is 0 Å². The van der Waals surface area contributed by atoms with Gasteiger partial charge in [0.15, 0.2) is 0 Å². The van der Waals surface area contributed by atoms with E-state index in [2.05, 4.69) is 0 Å². The maximum absolute atomic E-state index is 9.08. The zero-order valence-electron chi connectivity index (χ0n) is 6.84. The van der Waals surface area contributed by atoms with Crippen molar-refractivity contribution in [3.63, 3.8) is 0 Å². The Labute approximate surface area is 88.2 Å². The topological polar surface area (TPSA) is 77.4 Å². The summed E-state index contributed by atoms with van der Waals surface area (Å²) in [4.78, 5) is 0. The van der Waals surface area contributed by atoms with Gasteiger partial charge in [0.25, 0.3) is 0 Å². The molecule has 0 unspecified atom stereocenters. The van der Waals surface area contributed by atoms with Gasteiger partial charge in [0.05, 0.1) is 10.1 Å². The molecule has 13 heavy (non-hydrogen) atoms. The van der Waals surface area contributed by atoms with Crippen molar-refractivity contribution in [2.24, 2.45) is 0 Å². The number of benzene rings is 1. The molecule has 0 saturated heterocycles. The molecule has 4 nitrogen and oxygen atoms in total. The van der Waals surface area contributed by atoms with Gasteiger partial charge < -0.3 is 4.55 Å². The standard InChI is InChI=1S/C6H6IO.CH4O3S/c8-7-6-4-2-1-3-5-6;1-5(2,3)4/h1-5,8H;1H3,(H,2,3,4)/q+1;/p-1.